The fourth-order valence-electron chi connectivity index (χ4n) is 2.58. The Hall–Kier alpha value is -1.14. The van der Waals surface area contributed by atoms with Gasteiger partial charge in [-0.15, -0.1) is 0 Å². The molecule has 2 rings (SSSR count). The van der Waals surface area contributed by atoms with Gasteiger partial charge in [-0.1, -0.05) is 6.42 Å². The van der Waals surface area contributed by atoms with Crippen LogP contribution in [0.15, 0.2) is 23.2 Å². The van der Waals surface area contributed by atoms with Gasteiger partial charge in [-0.05, 0) is 32.8 Å². The lowest BCUT2D eigenvalue weighted by Gasteiger charge is -2.37. The molecule has 2 N–H and O–H groups in total. The molecule has 6 heteroatoms. The van der Waals surface area contributed by atoms with E-state index in [1.54, 1.807) is 4.31 Å². The molecule has 2 heterocycles. The minimum atomic E-state index is -3.47. The van der Waals surface area contributed by atoms with Crippen LogP contribution in [0.2, 0.25) is 0 Å². The molecule has 0 bridgehead atoms. The first-order chi connectivity index (χ1) is 8.43. The Morgan fingerprint density at radius 1 is 1.33 bits per heavy atom. The number of hydrogen-bond acceptors (Lipinski definition) is 4. The number of hydrogen-bond donors (Lipinski definition) is 1. The summed E-state index contributed by atoms with van der Waals surface area (Å²) >= 11 is 0. The van der Waals surface area contributed by atoms with Gasteiger partial charge in [-0.25, -0.2) is 13.4 Å². The molecule has 0 spiro atoms. The first-order valence-corrected chi connectivity index (χ1v) is 7.62. The number of anilines is 1. The van der Waals surface area contributed by atoms with Gasteiger partial charge in [-0.3, -0.25) is 0 Å². The highest BCUT2D eigenvalue weighted by Crippen LogP contribution is 2.29. The molecule has 1 aliphatic heterocycles. The van der Waals surface area contributed by atoms with Crippen molar-refractivity contribution in [2.45, 2.75) is 50.1 Å². The Labute approximate surface area is 108 Å². The molecule has 100 valence electrons. The van der Waals surface area contributed by atoms with Crippen molar-refractivity contribution in [3.8, 4) is 0 Å². The topological polar surface area (TPSA) is 76.3 Å². The number of nitrogens with two attached hydrogens (primary N) is 1. The fourth-order valence-corrected chi connectivity index (χ4v) is 4.49. The molecule has 18 heavy (non-hydrogen) atoms. The molecule has 2 atom stereocenters. The minimum absolute atomic E-state index is 0.0353. The van der Waals surface area contributed by atoms with Gasteiger partial charge < -0.3 is 5.73 Å². The van der Waals surface area contributed by atoms with E-state index in [1.165, 1.54) is 18.3 Å². The van der Waals surface area contributed by atoms with Crippen molar-refractivity contribution in [3.05, 3.63) is 18.3 Å². The summed E-state index contributed by atoms with van der Waals surface area (Å²) in [5, 5.41) is 0. The summed E-state index contributed by atoms with van der Waals surface area (Å²) in [6.07, 6.45) is 4.32. The summed E-state index contributed by atoms with van der Waals surface area (Å²) in [5.41, 5.74) is 5.56. The van der Waals surface area contributed by atoms with Crippen LogP contribution in [0.4, 0.5) is 5.82 Å². The van der Waals surface area contributed by atoms with Crippen LogP contribution in [0.3, 0.4) is 0 Å². The van der Waals surface area contributed by atoms with E-state index in [1.807, 2.05) is 13.8 Å². The summed E-state index contributed by atoms with van der Waals surface area (Å²) in [4.78, 5) is 4.06. The highest BCUT2D eigenvalue weighted by molar-refractivity contribution is 7.89. The van der Waals surface area contributed by atoms with Crippen LogP contribution < -0.4 is 5.73 Å². The van der Waals surface area contributed by atoms with Crippen molar-refractivity contribution in [2.75, 3.05) is 5.73 Å². The molecular weight excluding hydrogens is 250 g/mol. The monoisotopic (exact) mass is 269 g/mol. The number of aromatic nitrogens is 1. The molecule has 5 nitrogen and oxygen atoms in total. The van der Waals surface area contributed by atoms with Crippen LogP contribution in [0.5, 0.6) is 0 Å². The van der Waals surface area contributed by atoms with Crippen molar-refractivity contribution in [1.29, 1.82) is 0 Å². The van der Waals surface area contributed by atoms with E-state index in [9.17, 15) is 8.42 Å². The molecule has 1 fully saturated rings. The molecule has 0 saturated carbocycles. The van der Waals surface area contributed by atoms with Crippen molar-refractivity contribution in [2.24, 2.45) is 0 Å². The molecule has 1 aromatic heterocycles. The van der Waals surface area contributed by atoms with E-state index in [4.69, 9.17) is 5.73 Å². The van der Waals surface area contributed by atoms with Gasteiger partial charge in [0, 0.05) is 24.3 Å². The van der Waals surface area contributed by atoms with Crippen molar-refractivity contribution in [1.82, 2.24) is 9.29 Å². The summed E-state index contributed by atoms with van der Waals surface area (Å²) in [5.74, 6) is 0.230. The van der Waals surface area contributed by atoms with Gasteiger partial charge in [0.15, 0.2) is 0 Å². The SMILES string of the molecule is C[C@@H]1CCC[C@H](C)N1S(=O)(=O)c1ccnc(N)c1. The zero-order valence-corrected chi connectivity index (χ0v) is 11.5. The highest BCUT2D eigenvalue weighted by atomic mass is 32.2. The Kier molecular flexibility index (Phi) is 3.59. The molecule has 1 saturated heterocycles. The second kappa shape index (κ2) is 4.85. The number of sulfonamides is 1. The maximum absolute atomic E-state index is 12.6. The number of nitrogens with zero attached hydrogens (tertiary/aromatic N) is 2. The van der Waals surface area contributed by atoms with Gasteiger partial charge in [0.25, 0.3) is 0 Å². The van der Waals surface area contributed by atoms with E-state index < -0.39 is 10.0 Å². The van der Waals surface area contributed by atoms with Crippen LogP contribution in [0, 0.1) is 0 Å². The molecule has 0 aromatic carbocycles. The third kappa shape index (κ3) is 2.35. The Morgan fingerprint density at radius 2 is 1.94 bits per heavy atom. The average Bonchev–Trinajstić information content (AvgIpc) is 2.28. The van der Waals surface area contributed by atoms with E-state index in [0.29, 0.717) is 0 Å². The Bertz CT molecular complexity index is 520. The summed E-state index contributed by atoms with van der Waals surface area (Å²) in [6.45, 7) is 3.91. The second-order valence-electron chi connectivity index (χ2n) is 4.88. The molecule has 1 aromatic rings. The molecule has 0 radical (unpaired) electrons. The number of nitrogen functional groups attached to an aromatic ring is 1. The standard InChI is InChI=1S/C12H19N3O2S/c1-9-4-3-5-10(2)15(9)18(16,17)11-6-7-14-12(13)8-11/h6-10H,3-5H2,1-2H3,(H2,13,14)/t9-,10+. The lowest BCUT2D eigenvalue weighted by atomic mass is 10.0. The Balaban J connectivity index is 2.41. The molecule has 0 amide bonds. The van der Waals surface area contributed by atoms with Crippen LogP contribution in [0.25, 0.3) is 0 Å². The zero-order valence-electron chi connectivity index (χ0n) is 10.7. The van der Waals surface area contributed by atoms with Crippen molar-refractivity contribution in [3.63, 3.8) is 0 Å². The summed E-state index contributed by atoms with van der Waals surface area (Å²) in [7, 11) is -3.47. The predicted molar refractivity (Wildman–Crippen MR) is 70.4 cm³/mol. The van der Waals surface area contributed by atoms with Gasteiger partial charge in [0.1, 0.15) is 5.82 Å². The second-order valence-corrected chi connectivity index (χ2v) is 6.72. The minimum Gasteiger partial charge on any atom is -0.384 e. The van der Waals surface area contributed by atoms with E-state index >= 15 is 0 Å². The van der Waals surface area contributed by atoms with E-state index in [0.717, 1.165) is 19.3 Å². The van der Waals surface area contributed by atoms with Crippen molar-refractivity contribution < 1.29 is 8.42 Å². The Morgan fingerprint density at radius 3 is 2.50 bits per heavy atom. The quantitative estimate of drug-likeness (QED) is 0.885. The lowest BCUT2D eigenvalue weighted by Crippen LogP contribution is -2.47. The summed E-state index contributed by atoms with van der Waals surface area (Å²) in [6, 6.07) is 2.99. The van der Waals surface area contributed by atoms with Gasteiger partial charge in [0.05, 0.1) is 4.90 Å². The lowest BCUT2D eigenvalue weighted by molar-refractivity contribution is 0.204. The van der Waals surface area contributed by atoms with Crippen LogP contribution >= 0.6 is 0 Å². The van der Waals surface area contributed by atoms with Gasteiger partial charge in [-0.2, -0.15) is 4.31 Å². The van der Waals surface area contributed by atoms with Gasteiger partial charge in [0.2, 0.25) is 10.0 Å². The third-order valence-corrected chi connectivity index (χ3v) is 5.57. The maximum atomic E-state index is 12.6. The number of piperidine rings is 1. The van der Waals surface area contributed by atoms with Gasteiger partial charge >= 0.3 is 0 Å². The molecular formula is C12H19N3O2S. The molecule has 0 aliphatic carbocycles. The molecule has 1 aliphatic rings. The fraction of sp³-hybridized carbons (Fsp3) is 0.583. The first-order valence-electron chi connectivity index (χ1n) is 6.18. The number of rotatable bonds is 2. The first kappa shape index (κ1) is 13.3. The van der Waals surface area contributed by atoms with Crippen LogP contribution in [0.1, 0.15) is 33.1 Å². The van der Waals surface area contributed by atoms with E-state index in [2.05, 4.69) is 4.98 Å². The zero-order chi connectivity index (χ0) is 13.3. The number of pyridine rings is 1. The third-order valence-electron chi connectivity index (χ3n) is 3.44. The smallest absolute Gasteiger partial charge is 0.243 e. The van der Waals surface area contributed by atoms with Crippen LogP contribution in [-0.2, 0) is 10.0 Å². The molecule has 0 unspecified atom stereocenters. The highest BCUT2D eigenvalue weighted by Gasteiger charge is 2.35. The summed E-state index contributed by atoms with van der Waals surface area (Å²) < 4.78 is 26.8. The average molecular weight is 269 g/mol. The van der Waals surface area contributed by atoms with Crippen molar-refractivity contribution >= 4 is 15.8 Å². The maximum Gasteiger partial charge on any atom is 0.243 e. The largest absolute Gasteiger partial charge is 0.384 e. The van der Waals surface area contributed by atoms with Crippen LogP contribution in [-0.4, -0.2) is 29.8 Å². The normalized spacial score (nSPS) is 26.1. The van der Waals surface area contributed by atoms with E-state index in [-0.39, 0.29) is 22.8 Å². The predicted octanol–water partition coefficient (Wildman–Crippen LogP) is 1.62.